The zero-order valence-electron chi connectivity index (χ0n) is 10.1. The molecule has 0 aliphatic heterocycles. The second-order valence-electron chi connectivity index (χ2n) is 4.27. The Morgan fingerprint density at radius 2 is 2.11 bits per heavy atom. The fourth-order valence-corrected chi connectivity index (χ4v) is 2.25. The monoisotopic (exact) mass is 290 g/mol. The lowest BCUT2D eigenvalue weighted by Gasteiger charge is -2.21. The molecule has 1 aromatic heterocycles. The topological polar surface area (TPSA) is 78.4 Å². The fourth-order valence-electron chi connectivity index (χ4n) is 1.17. The van der Waals surface area contributed by atoms with Crippen LogP contribution in [0.2, 0.25) is 4.34 Å². The Hall–Kier alpha value is -1.27. The van der Waals surface area contributed by atoms with E-state index in [2.05, 4.69) is 10.6 Å². The van der Waals surface area contributed by atoms with E-state index in [1.165, 1.54) is 25.2 Å². The van der Waals surface area contributed by atoms with Crippen molar-refractivity contribution in [1.82, 2.24) is 10.6 Å². The van der Waals surface area contributed by atoms with Crippen LogP contribution in [0.1, 0.15) is 18.7 Å². The number of carbonyl (C=O) groups excluding carboxylic acids is 1. The summed E-state index contributed by atoms with van der Waals surface area (Å²) in [6, 6.07) is 3.20. The summed E-state index contributed by atoms with van der Waals surface area (Å²) in [4.78, 5) is 23.3. The first kappa shape index (κ1) is 14.8. The Balaban J connectivity index is 2.32. The van der Waals surface area contributed by atoms with Gasteiger partial charge in [0.1, 0.15) is 5.54 Å². The van der Waals surface area contributed by atoms with Crippen LogP contribution in [0, 0.1) is 0 Å². The van der Waals surface area contributed by atoms with E-state index in [0.29, 0.717) is 17.3 Å². The van der Waals surface area contributed by atoms with Crippen LogP contribution in [0.5, 0.6) is 0 Å². The maximum atomic E-state index is 11.5. The molecule has 0 aromatic carbocycles. The normalized spacial score (nSPS) is 11.1. The van der Waals surface area contributed by atoms with Crippen molar-refractivity contribution < 1.29 is 14.7 Å². The van der Waals surface area contributed by atoms with Crippen molar-refractivity contribution in [2.45, 2.75) is 25.8 Å². The molecule has 0 aliphatic carbocycles. The lowest BCUT2D eigenvalue weighted by Crippen LogP contribution is -2.53. The Bertz CT molecular complexity index is 445. The minimum Gasteiger partial charge on any atom is -0.480 e. The first-order valence-electron chi connectivity index (χ1n) is 5.35. The molecule has 1 heterocycles. The summed E-state index contributed by atoms with van der Waals surface area (Å²) < 4.78 is 0.710. The maximum absolute atomic E-state index is 11.5. The van der Waals surface area contributed by atoms with Gasteiger partial charge in [-0.2, -0.15) is 0 Å². The van der Waals surface area contributed by atoms with Crippen LogP contribution < -0.4 is 10.6 Å². The van der Waals surface area contributed by atoms with Crippen LogP contribution >= 0.6 is 22.9 Å². The van der Waals surface area contributed by atoms with E-state index in [0.717, 1.165) is 4.88 Å². The molecule has 1 aromatic rings. The molecule has 0 unspecified atom stereocenters. The fraction of sp³-hybridized carbons (Fsp3) is 0.455. The predicted octanol–water partition coefficient (Wildman–Crippen LogP) is 2.11. The van der Waals surface area contributed by atoms with Gasteiger partial charge in [0.05, 0.1) is 4.34 Å². The van der Waals surface area contributed by atoms with Crippen LogP contribution in [0.4, 0.5) is 4.79 Å². The van der Waals surface area contributed by atoms with Gasteiger partial charge in [0, 0.05) is 11.4 Å². The number of halogens is 1. The molecule has 0 spiro atoms. The third kappa shape index (κ3) is 4.54. The molecule has 5 nitrogen and oxygen atoms in total. The summed E-state index contributed by atoms with van der Waals surface area (Å²) in [5.74, 6) is -1.08. The Morgan fingerprint density at radius 3 is 2.61 bits per heavy atom. The van der Waals surface area contributed by atoms with E-state index >= 15 is 0 Å². The first-order valence-corrected chi connectivity index (χ1v) is 6.54. The first-order chi connectivity index (χ1) is 8.31. The van der Waals surface area contributed by atoms with E-state index in [4.69, 9.17) is 16.7 Å². The summed E-state index contributed by atoms with van der Waals surface area (Å²) in [5, 5.41) is 13.8. The van der Waals surface area contributed by atoms with E-state index in [-0.39, 0.29) is 0 Å². The number of carboxylic acids is 1. The summed E-state index contributed by atoms with van der Waals surface area (Å²) >= 11 is 7.23. The summed E-state index contributed by atoms with van der Waals surface area (Å²) in [6.45, 7) is 3.28. The molecule has 2 amide bonds. The van der Waals surface area contributed by atoms with Crippen LogP contribution in [0.15, 0.2) is 12.1 Å². The number of carbonyl (C=O) groups is 2. The number of aliphatic carboxylic acids is 1. The Morgan fingerprint density at radius 1 is 1.44 bits per heavy atom. The van der Waals surface area contributed by atoms with Crippen molar-refractivity contribution in [2.24, 2.45) is 0 Å². The molecule has 0 fully saturated rings. The quantitative estimate of drug-likeness (QED) is 0.777. The highest BCUT2D eigenvalue weighted by Crippen LogP contribution is 2.21. The molecule has 0 aliphatic rings. The number of hydrogen-bond donors (Lipinski definition) is 3. The maximum Gasteiger partial charge on any atom is 0.328 e. The molecule has 1 rings (SSSR count). The minimum absolute atomic E-state index is 0.429. The van der Waals surface area contributed by atoms with Crippen molar-refractivity contribution in [3.63, 3.8) is 0 Å². The van der Waals surface area contributed by atoms with Gasteiger partial charge in [0.15, 0.2) is 0 Å². The highest BCUT2D eigenvalue weighted by Gasteiger charge is 2.28. The van der Waals surface area contributed by atoms with Crippen molar-refractivity contribution in [3.8, 4) is 0 Å². The van der Waals surface area contributed by atoms with E-state index in [9.17, 15) is 9.59 Å². The van der Waals surface area contributed by atoms with Gasteiger partial charge >= 0.3 is 12.0 Å². The van der Waals surface area contributed by atoms with E-state index in [1.54, 1.807) is 6.07 Å². The number of amides is 2. The average molecular weight is 291 g/mol. The lowest BCUT2D eigenvalue weighted by atomic mass is 10.1. The zero-order chi connectivity index (χ0) is 13.8. The molecule has 0 bridgehead atoms. The van der Waals surface area contributed by atoms with Gasteiger partial charge in [-0.1, -0.05) is 11.6 Å². The number of rotatable bonds is 5. The van der Waals surface area contributed by atoms with Gasteiger partial charge in [-0.25, -0.2) is 9.59 Å². The highest BCUT2D eigenvalue weighted by molar-refractivity contribution is 7.16. The predicted molar refractivity (Wildman–Crippen MR) is 71.3 cm³/mol. The number of nitrogens with one attached hydrogen (secondary N) is 2. The van der Waals surface area contributed by atoms with Crippen molar-refractivity contribution >= 4 is 34.9 Å². The Labute approximate surface area is 114 Å². The molecule has 0 saturated carbocycles. The van der Waals surface area contributed by atoms with Crippen LogP contribution in [-0.2, 0) is 11.2 Å². The van der Waals surface area contributed by atoms with Crippen LogP contribution in [0.3, 0.4) is 0 Å². The van der Waals surface area contributed by atoms with Gasteiger partial charge in [0.25, 0.3) is 0 Å². The smallest absolute Gasteiger partial charge is 0.328 e. The molecule has 0 atom stereocenters. The molecular formula is C11H15ClN2O3S. The largest absolute Gasteiger partial charge is 0.480 e. The number of thiophene rings is 1. The van der Waals surface area contributed by atoms with Crippen LogP contribution in [-0.4, -0.2) is 29.2 Å². The van der Waals surface area contributed by atoms with Gasteiger partial charge < -0.3 is 15.7 Å². The van der Waals surface area contributed by atoms with Crippen molar-refractivity contribution in [1.29, 1.82) is 0 Å². The highest BCUT2D eigenvalue weighted by atomic mass is 35.5. The molecule has 3 N–H and O–H groups in total. The van der Waals surface area contributed by atoms with E-state index in [1.807, 2.05) is 6.07 Å². The third-order valence-corrected chi connectivity index (χ3v) is 3.54. The summed E-state index contributed by atoms with van der Waals surface area (Å²) in [6.07, 6.45) is 0.665. The average Bonchev–Trinajstić information content (AvgIpc) is 2.63. The molecule has 7 heteroatoms. The minimum atomic E-state index is -1.28. The lowest BCUT2D eigenvalue weighted by molar-refractivity contribution is -0.142. The third-order valence-electron chi connectivity index (χ3n) is 2.25. The molecule has 18 heavy (non-hydrogen) atoms. The van der Waals surface area contributed by atoms with Gasteiger partial charge in [-0.3, -0.25) is 0 Å². The second-order valence-corrected chi connectivity index (χ2v) is 6.07. The molecule has 0 saturated heterocycles. The van der Waals surface area contributed by atoms with E-state index < -0.39 is 17.5 Å². The zero-order valence-corrected chi connectivity index (χ0v) is 11.7. The van der Waals surface area contributed by atoms with Crippen LogP contribution in [0.25, 0.3) is 0 Å². The SMILES string of the molecule is CC(C)(NC(=O)NCCc1ccc(Cl)s1)C(=O)O. The van der Waals surface area contributed by atoms with Crippen molar-refractivity contribution in [2.75, 3.05) is 6.54 Å². The molecule has 0 radical (unpaired) electrons. The Kier molecular flexibility index (Phi) is 4.98. The standard InChI is InChI=1S/C11H15ClN2O3S/c1-11(2,9(15)16)14-10(17)13-6-5-7-3-4-8(12)18-7/h3-4H,5-6H2,1-2H3,(H,15,16)(H2,13,14,17). The molecule has 100 valence electrons. The van der Waals surface area contributed by atoms with Gasteiger partial charge in [0.2, 0.25) is 0 Å². The number of carboxylic acid groups (broad SMARTS) is 1. The summed E-state index contributed by atoms with van der Waals surface area (Å²) in [5.41, 5.74) is -1.28. The van der Waals surface area contributed by atoms with Gasteiger partial charge in [-0.15, -0.1) is 11.3 Å². The number of hydrogen-bond acceptors (Lipinski definition) is 3. The number of urea groups is 1. The molecular weight excluding hydrogens is 276 g/mol. The van der Waals surface area contributed by atoms with Gasteiger partial charge in [-0.05, 0) is 32.4 Å². The second kappa shape index (κ2) is 6.06. The van der Waals surface area contributed by atoms with Crippen molar-refractivity contribution in [3.05, 3.63) is 21.3 Å². The summed E-state index contributed by atoms with van der Waals surface area (Å²) in [7, 11) is 0.